The Morgan fingerprint density at radius 1 is 1.21 bits per heavy atom. The SMILES string of the molecule is C[NH+](CC(=O)Nc1ccccc1OC(F)F)Cc1ccc(Br)cc1. The number of carbonyl (C=O) groups is 1. The van der Waals surface area contributed by atoms with E-state index in [1.165, 1.54) is 12.1 Å². The summed E-state index contributed by atoms with van der Waals surface area (Å²) in [6, 6.07) is 14.0. The average Bonchev–Trinajstić information content (AvgIpc) is 2.51. The first-order chi connectivity index (χ1) is 11.4. The highest BCUT2D eigenvalue weighted by Crippen LogP contribution is 2.25. The van der Waals surface area contributed by atoms with Gasteiger partial charge in [-0.3, -0.25) is 4.79 Å². The molecule has 24 heavy (non-hydrogen) atoms. The van der Waals surface area contributed by atoms with E-state index in [2.05, 4.69) is 26.0 Å². The van der Waals surface area contributed by atoms with Crippen molar-refractivity contribution in [3.8, 4) is 5.75 Å². The summed E-state index contributed by atoms with van der Waals surface area (Å²) in [5.74, 6) is -0.318. The van der Waals surface area contributed by atoms with Crippen LogP contribution in [0.3, 0.4) is 0 Å². The largest absolute Gasteiger partial charge is 0.433 e. The molecular formula is C17H18BrF2N2O2+. The number of halogens is 3. The van der Waals surface area contributed by atoms with Crippen molar-refractivity contribution < 1.29 is 23.2 Å². The van der Waals surface area contributed by atoms with Crippen molar-refractivity contribution in [2.75, 3.05) is 18.9 Å². The third-order valence-corrected chi connectivity index (χ3v) is 3.79. The highest BCUT2D eigenvalue weighted by atomic mass is 79.9. The van der Waals surface area contributed by atoms with Gasteiger partial charge < -0.3 is 15.0 Å². The lowest BCUT2D eigenvalue weighted by molar-refractivity contribution is -0.885. The molecule has 1 unspecified atom stereocenters. The fourth-order valence-electron chi connectivity index (χ4n) is 2.25. The van der Waals surface area contributed by atoms with E-state index < -0.39 is 6.61 Å². The zero-order chi connectivity index (χ0) is 17.5. The Morgan fingerprint density at radius 3 is 2.54 bits per heavy atom. The molecule has 4 nitrogen and oxygen atoms in total. The number of benzene rings is 2. The number of hydrogen-bond acceptors (Lipinski definition) is 2. The second kappa shape index (κ2) is 8.75. The van der Waals surface area contributed by atoms with Crippen LogP contribution >= 0.6 is 15.9 Å². The van der Waals surface area contributed by atoms with E-state index in [1.807, 2.05) is 31.3 Å². The maximum absolute atomic E-state index is 12.4. The summed E-state index contributed by atoms with van der Waals surface area (Å²) >= 11 is 3.38. The smallest absolute Gasteiger partial charge is 0.387 e. The van der Waals surface area contributed by atoms with E-state index >= 15 is 0 Å². The van der Waals surface area contributed by atoms with Gasteiger partial charge in [0.15, 0.2) is 6.54 Å². The minimum Gasteiger partial charge on any atom is -0.433 e. The highest BCUT2D eigenvalue weighted by Gasteiger charge is 2.14. The van der Waals surface area contributed by atoms with Gasteiger partial charge in [-0.1, -0.05) is 40.2 Å². The maximum Gasteiger partial charge on any atom is 0.387 e. The van der Waals surface area contributed by atoms with E-state index in [0.717, 1.165) is 14.9 Å². The zero-order valence-corrected chi connectivity index (χ0v) is 14.6. The lowest BCUT2D eigenvalue weighted by Crippen LogP contribution is -3.08. The molecule has 0 fully saturated rings. The molecular weight excluding hydrogens is 382 g/mol. The molecule has 2 rings (SSSR count). The Bertz CT molecular complexity index is 681. The quantitative estimate of drug-likeness (QED) is 0.751. The van der Waals surface area contributed by atoms with Gasteiger partial charge in [0.1, 0.15) is 12.3 Å². The fourth-order valence-corrected chi connectivity index (χ4v) is 2.51. The number of likely N-dealkylation sites (N-methyl/N-ethyl adjacent to an activating group) is 1. The van der Waals surface area contributed by atoms with E-state index in [1.54, 1.807) is 12.1 Å². The van der Waals surface area contributed by atoms with Crippen molar-refractivity contribution in [2.45, 2.75) is 13.2 Å². The van der Waals surface area contributed by atoms with Gasteiger partial charge in [0.25, 0.3) is 5.91 Å². The number of quaternary nitrogens is 1. The van der Waals surface area contributed by atoms with Gasteiger partial charge in [0, 0.05) is 10.0 Å². The molecule has 0 aromatic heterocycles. The van der Waals surface area contributed by atoms with E-state index in [0.29, 0.717) is 6.54 Å². The van der Waals surface area contributed by atoms with Crippen molar-refractivity contribution in [1.82, 2.24) is 0 Å². The van der Waals surface area contributed by atoms with Crippen LogP contribution in [0, 0.1) is 0 Å². The van der Waals surface area contributed by atoms with Gasteiger partial charge in [-0.05, 0) is 24.3 Å². The first kappa shape index (κ1) is 18.4. The van der Waals surface area contributed by atoms with E-state index in [4.69, 9.17) is 0 Å². The minimum absolute atomic E-state index is 0.0496. The Balaban J connectivity index is 1.92. The number of alkyl halides is 2. The predicted octanol–water partition coefficient (Wildman–Crippen LogP) is 2.70. The predicted molar refractivity (Wildman–Crippen MR) is 91.3 cm³/mol. The number of carbonyl (C=O) groups excluding carboxylic acids is 1. The topological polar surface area (TPSA) is 42.8 Å². The zero-order valence-electron chi connectivity index (χ0n) is 13.1. The summed E-state index contributed by atoms with van der Waals surface area (Å²) in [6.45, 7) is -2.05. The number of amides is 1. The Morgan fingerprint density at radius 2 is 1.88 bits per heavy atom. The second-order valence-corrected chi connectivity index (χ2v) is 6.28. The van der Waals surface area contributed by atoms with E-state index in [9.17, 15) is 13.6 Å². The summed E-state index contributed by atoms with van der Waals surface area (Å²) < 4.78 is 30.1. The van der Waals surface area contributed by atoms with Gasteiger partial charge in [0.2, 0.25) is 0 Å². The third kappa shape index (κ3) is 5.90. The van der Waals surface area contributed by atoms with Crippen molar-refractivity contribution in [2.24, 2.45) is 0 Å². The maximum atomic E-state index is 12.4. The average molecular weight is 400 g/mol. The Labute approximate surface area is 147 Å². The standard InChI is InChI=1S/C17H17BrF2N2O2/c1-22(10-12-6-8-13(18)9-7-12)11-16(23)21-14-4-2-3-5-15(14)24-17(19)20/h2-9,17H,10-11H2,1H3,(H,21,23)/p+1. The molecule has 1 amide bonds. The molecule has 2 aromatic rings. The first-order valence-electron chi connectivity index (χ1n) is 7.33. The molecule has 7 heteroatoms. The lowest BCUT2D eigenvalue weighted by Gasteiger charge is -2.15. The molecule has 0 heterocycles. The first-order valence-corrected chi connectivity index (χ1v) is 8.13. The highest BCUT2D eigenvalue weighted by molar-refractivity contribution is 9.10. The molecule has 128 valence electrons. The Kier molecular flexibility index (Phi) is 6.69. The minimum atomic E-state index is -2.94. The molecule has 0 aliphatic heterocycles. The number of hydrogen-bond donors (Lipinski definition) is 2. The molecule has 0 aliphatic carbocycles. The third-order valence-electron chi connectivity index (χ3n) is 3.26. The number of nitrogens with one attached hydrogen (secondary N) is 2. The number of para-hydroxylation sites is 2. The lowest BCUT2D eigenvalue weighted by atomic mass is 10.2. The van der Waals surface area contributed by atoms with Crippen molar-refractivity contribution >= 4 is 27.5 Å². The van der Waals surface area contributed by atoms with Crippen LogP contribution in [-0.2, 0) is 11.3 Å². The van der Waals surface area contributed by atoms with Crippen molar-refractivity contribution in [3.63, 3.8) is 0 Å². The van der Waals surface area contributed by atoms with Gasteiger partial charge in [-0.2, -0.15) is 8.78 Å². The van der Waals surface area contributed by atoms with Gasteiger partial charge in [-0.25, -0.2) is 0 Å². The molecule has 0 saturated carbocycles. The molecule has 0 spiro atoms. The monoisotopic (exact) mass is 399 g/mol. The van der Waals surface area contributed by atoms with Gasteiger partial charge in [0.05, 0.1) is 12.7 Å². The molecule has 2 aromatic carbocycles. The van der Waals surface area contributed by atoms with Crippen LogP contribution in [0.5, 0.6) is 5.75 Å². The van der Waals surface area contributed by atoms with Crippen LogP contribution < -0.4 is 15.0 Å². The number of rotatable bonds is 7. The molecule has 2 N–H and O–H groups in total. The van der Waals surface area contributed by atoms with Gasteiger partial charge in [-0.15, -0.1) is 0 Å². The van der Waals surface area contributed by atoms with Crippen LogP contribution in [-0.4, -0.2) is 26.1 Å². The second-order valence-electron chi connectivity index (χ2n) is 5.36. The summed E-state index contributed by atoms with van der Waals surface area (Å²) in [4.78, 5) is 13.1. The van der Waals surface area contributed by atoms with E-state index in [-0.39, 0.29) is 23.9 Å². The molecule has 0 radical (unpaired) electrons. The Hall–Kier alpha value is -1.99. The summed E-state index contributed by atoms with van der Waals surface area (Å²) in [7, 11) is 1.89. The fraction of sp³-hybridized carbons (Fsp3) is 0.235. The summed E-state index contributed by atoms with van der Waals surface area (Å²) in [5.41, 5.74) is 1.34. The van der Waals surface area contributed by atoms with Crippen molar-refractivity contribution in [1.29, 1.82) is 0 Å². The normalized spacial score (nSPS) is 12.0. The van der Waals surface area contributed by atoms with Crippen LogP contribution in [0.4, 0.5) is 14.5 Å². The number of anilines is 1. The molecule has 0 aliphatic rings. The van der Waals surface area contributed by atoms with Gasteiger partial charge >= 0.3 is 6.61 Å². The molecule has 0 bridgehead atoms. The van der Waals surface area contributed by atoms with Crippen LogP contribution in [0.15, 0.2) is 53.0 Å². The van der Waals surface area contributed by atoms with Crippen LogP contribution in [0.1, 0.15) is 5.56 Å². The number of ether oxygens (including phenoxy) is 1. The molecule has 1 atom stereocenters. The van der Waals surface area contributed by atoms with Crippen molar-refractivity contribution in [3.05, 3.63) is 58.6 Å². The van der Waals surface area contributed by atoms with Crippen LogP contribution in [0.25, 0.3) is 0 Å². The summed E-state index contributed by atoms with van der Waals surface area (Å²) in [6.07, 6.45) is 0. The van der Waals surface area contributed by atoms with Crippen LogP contribution in [0.2, 0.25) is 0 Å². The summed E-state index contributed by atoms with van der Waals surface area (Å²) in [5, 5.41) is 2.62. The molecule has 0 saturated heterocycles.